The minimum Gasteiger partial charge on any atom is -0.212 e. The summed E-state index contributed by atoms with van der Waals surface area (Å²) in [6.45, 7) is 6.05. The number of unbranched alkanes of at least 4 members (excludes halogenated alkanes) is 1. The Bertz CT molecular complexity index is 234. The smallest absolute Gasteiger partial charge is 0.212 e. The van der Waals surface area contributed by atoms with E-state index in [4.69, 9.17) is 0 Å². The molecule has 0 spiro atoms. The Hall–Kier alpha value is -0.350. The largest absolute Gasteiger partial charge is 0.213 e. The van der Waals surface area contributed by atoms with Crippen LogP contribution in [-0.4, -0.2) is 32.1 Å². The highest BCUT2D eigenvalue weighted by atomic mass is 32.2. The summed E-state index contributed by atoms with van der Waals surface area (Å²) in [6, 6.07) is 0. The molecular formula is C9H19NO2S. The highest BCUT2D eigenvalue weighted by molar-refractivity contribution is 7.89. The number of sulfonamides is 1. The van der Waals surface area contributed by atoms with Gasteiger partial charge in [-0.25, -0.2) is 12.7 Å². The molecule has 0 radical (unpaired) electrons. The van der Waals surface area contributed by atoms with Gasteiger partial charge in [0, 0.05) is 13.6 Å². The van der Waals surface area contributed by atoms with Crippen LogP contribution < -0.4 is 0 Å². The Labute approximate surface area is 81.5 Å². The normalized spacial score (nSPS) is 11.9. The monoisotopic (exact) mass is 205 g/mol. The van der Waals surface area contributed by atoms with Gasteiger partial charge in [0.1, 0.15) is 0 Å². The second-order valence-corrected chi connectivity index (χ2v) is 5.26. The van der Waals surface area contributed by atoms with Crippen molar-refractivity contribution in [3.8, 4) is 0 Å². The van der Waals surface area contributed by atoms with Crippen molar-refractivity contribution in [3.05, 3.63) is 12.7 Å². The highest BCUT2D eigenvalue weighted by Gasteiger charge is 2.14. The molecule has 0 bridgehead atoms. The third kappa shape index (κ3) is 5.05. The minimum absolute atomic E-state index is 0.248. The highest BCUT2D eigenvalue weighted by Crippen LogP contribution is 2.02. The molecule has 0 aliphatic rings. The number of hydrogen-bond donors (Lipinski definition) is 0. The molecule has 0 saturated carbocycles. The first-order valence-electron chi connectivity index (χ1n) is 4.59. The first-order chi connectivity index (χ1) is 6.04. The Morgan fingerprint density at radius 1 is 1.46 bits per heavy atom. The molecule has 0 aromatic heterocycles. The van der Waals surface area contributed by atoms with E-state index < -0.39 is 10.0 Å². The van der Waals surface area contributed by atoms with Crippen molar-refractivity contribution in [2.75, 3.05) is 19.3 Å². The molecule has 3 nitrogen and oxygen atoms in total. The number of hydrogen-bond acceptors (Lipinski definition) is 2. The average Bonchev–Trinajstić information content (AvgIpc) is 2.04. The van der Waals surface area contributed by atoms with Crippen molar-refractivity contribution >= 4 is 10.0 Å². The Kier molecular flexibility index (Phi) is 5.99. The lowest BCUT2D eigenvalue weighted by molar-refractivity contribution is 0.462. The summed E-state index contributed by atoms with van der Waals surface area (Å²) >= 11 is 0. The number of rotatable bonds is 7. The lowest BCUT2D eigenvalue weighted by atomic mass is 10.3. The van der Waals surface area contributed by atoms with Crippen LogP contribution in [0.4, 0.5) is 0 Å². The number of nitrogens with zero attached hydrogens (tertiary/aromatic N) is 1. The minimum atomic E-state index is -2.99. The van der Waals surface area contributed by atoms with Crippen LogP contribution >= 0.6 is 0 Å². The van der Waals surface area contributed by atoms with Gasteiger partial charge in [-0.1, -0.05) is 13.0 Å². The van der Waals surface area contributed by atoms with Crippen LogP contribution in [-0.2, 0) is 10.0 Å². The van der Waals surface area contributed by atoms with E-state index in [2.05, 4.69) is 6.58 Å². The Balaban J connectivity index is 3.94. The molecule has 13 heavy (non-hydrogen) atoms. The summed E-state index contributed by atoms with van der Waals surface area (Å²) in [6.07, 6.45) is 4.20. The summed E-state index contributed by atoms with van der Waals surface area (Å²) < 4.78 is 24.3. The van der Waals surface area contributed by atoms with Crippen molar-refractivity contribution in [1.82, 2.24) is 4.31 Å². The third-order valence-corrected chi connectivity index (χ3v) is 3.87. The fourth-order valence-electron chi connectivity index (χ4n) is 1.01. The third-order valence-electron chi connectivity index (χ3n) is 1.82. The van der Waals surface area contributed by atoms with E-state index in [1.54, 1.807) is 13.1 Å². The van der Waals surface area contributed by atoms with Crippen molar-refractivity contribution < 1.29 is 8.42 Å². The van der Waals surface area contributed by atoms with Crippen molar-refractivity contribution in [2.24, 2.45) is 0 Å². The molecule has 0 unspecified atom stereocenters. The Morgan fingerprint density at radius 2 is 2.08 bits per heavy atom. The second kappa shape index (κ2) is 6.16. The topological polar surface area (TPSA) is 37.4 Å². The Morgan fingerprint density at radius 3 is 2.54 bits per heavy atom. The van der Waals surface area contributed by atoms with E-state index in [9.17, 15) is 8.42 Å². The molecule has 0 rings (SSSR count). The average molecular weight is 205 g/mol. The fraction of sp³-hybridized carbons (Fsp3) is 0.778. The zero-order valence-electron chi connectivity index (χ0n) is 8.49. The van der Waals surface area contributed by atoms with Crippen LogP contribution in [0.25, 0.3) is 0 Å². The summed E-state index contributed by atoms with van der Waals surface area (Å²) in [5.41, 5.74) is 0. The van der Waals surface area contributed by atoms with Gasteiger partial charge in [0.15, 0.2) is 0 Å². The summed E-state index contributed by atoms with van der Waals surface area (Å²) in [4.78, 5) is 0. The molecule has 4 heteroatoms. The van der Waals surface area contributed by atoms with Gasteiger partial charge in [0.2, 0.25) is 10.0 Å². The predicted molar refractivity (Wildman–Crippen MR) is 56.1 cm³/mol. The number of allylic oxidation sites excluding steroid dienone is 1. The molecule has 0 atom stereocenters. The van der Waals surface area contributed by atoms with Crippen molar-refractivity contribution in [2.45, 2.75) is 26.2 Å². The molecule has 0 aliphatic heterocycles. The molecule has 0 aromatic carbocycles. The van der Waals surface area contributed by atoms with E-state index >= 15 is 0 Å². The van der Waals surface area contributed by atoms with E-state index in [1.807, 2.05) is 6.92 Å². The van der Waals surface area contributed by atoms with Crippen LogP contribution in [0, 0.1) is 0 Å². The first-order valence-corrected chi connectivity index (χ1v) is 6.20. The van der Waals surface area contributed by atoms with Gasteiger partial charge in [0.25, 0.3) is 0 Å². The summed E-state index contributed by atoms with van der Waals surface area (Å²) in [7, 11) is -1.36. The fourth-order valence-corrected chi connectivity index (χ4v) is 2.25. The molecule has 0 N–H and O–H groups in total. The summed E-state index contributed by atoms with van der Waals surface area (Å²) in [5, 5.41) is 0. The predicted octanol–water partition coefficient (Wildman–Crippen LogP) is 1.62. The molecule has 0 fully saturated rings. The molecule has 0 saturated heterocycles. The van der Waals surface area contributed by atoms with E-state index in [0.717, 1.165) is 12.8 Å². The molecule has 0 aliphatic carbocycles. The lowest BCUT2D eigenvalue weighted by Gasteiger charge is -2.15. The van der Waals surface area contributed by atoms with Crippen LogP contribution in [0.2, 0.25) is 0 Å². The van der Waals surface area contributed by atoms with Gasteiger partial charge in [0.05, 0.1) is 5.75 Å². The molecule has 0 amide bonds. The van der Waals surface area contributed by atoms with Gasteiger partial charge in [-0.05, 0) is 19.3 Å². The van der Waals surface area contributed by atoms with E-state index in [0.29, 0.717) is 13.0 Å². The maximum atomic E-state index is 11.4. The van der Waals surface area contributed by atoms with Crippen LogP contribution in [0.1, 0.15) is 26.2 Å². The maximum Gasteiger partial charge on any atom is 0.213 e. The van der Waals surface area contributed by atoms with E-state index in [-0.39, 0.29) is 5.75 Å². The van der Waals surface area contributed by atoms with Crippen molar-refractivity contribution in [3.63, 3.8) is 0 Å². The zero-order chi connectivity index (χ0) is 10.3. The van der Waals surface area contributed by atoms with Gasteiger partial charge in [-0.15, -0.1) is 6.58 Å². The first kappa shape index (κ1) is 12.7. The van der Waals surface area contributed by atoms with Crippen LogP contribution in [0.3, 0.4) is 0 Å². The van der Waals surface area contributed by atoms with Gasteiger partial charge in [-0.3, -0.25) is 0 Å². The lowest BCUT2D eigenvalue weighted by Crippen LogP contribution is -2.29. The SMILES string of the molecule is C=CCCCN(C)S(=O)(=O)CCC. The van der Waals surface area contributed by atoms with Gasteiger partial charge >= 0.3 is 0 Å². The van der Waals surface area contributed by atoms with E-state index in [1.165, 1.54) is 4.31 Å². The molecule has 0 heterocycles. The van der Waals surface area contributed by atoms with Crippen LogP contribution in [0.15, 0.2) is 12.7 Å². The van der Waals surface area contributed by atoms with Crippen LogP contribution in [0.5, 0.6) is 0 Å². The summed E-state index contributed by atoms with van der Waals surface area (Å²) in [5.74, 6) is 0.248. The standard InChI is InChI=1S/C9H19NO2S/c1-4-6-7-8-10(3)13(11,12)9-5-2/h4H,1,5-9H2,2-3H3. The molecular weight excluding hydrogens is 186 g/mol. The molecule has 0 aromatic rings. The molecule has 78 valence electrons. The van der Waals surface area contributed by atoms with Gasteiger partial charge < -0.3 is 0 Å². The zero-order valence-corrected chi connectivity index (χ0v) is 9.31. The maximum absolute atomic E-state index is 11.4. The second-order valence-electron chi connectivity index (χ2n) is 3.07. The van der Waals surface area contributed by atoms with Crippen molar-refractivity contribution in [1.29, 1.82) is 0 Å². The quantitative estimate of drug-likeness (QED) is 0.468. The van der Waals surface area contributed by atoms with Gasteiger partial charge in [-0.2, -0.15) is 0 Å².